The Labute approximate surface area is 127 Å². The Bertz CT molecular complexity index is 601. The molecule has 0 saturated heterocycles. The summed E-state index contributed by atoms with van der Waals surface area (Å²) in [7, 11) is 1.72. The molecule has 0 radical (unpaired) electrons. The molecule has 1 aromatic carbocycles. The smallest absolute Gasteiger partial charge is 0.123 e. The lowest BCUT2D eigenvalue weighted by Gasteiger charge is -2.17. The van der Waals surface area contributed by atoms with Crippen LogP contribution < -0.4 is 10.1 Å². The predicted molar refractivity (Wildman–Crippen MR) is 87.8 cm³/mol. The molecule has 114 valence electrons. The normalized spacial score (nSPS) is 12.4. The van der Waals surface area contributed by atoms with Gasteiger partial charge in [0.15, 0.2) is 0 Å². The maximum absolute atomic E-state index is 5.44. The summed E-state index contributed by atoms with van der Waals surface area (Å²) in [4.78, 5) is 0. The van der Waals surface area contributed by atoms with Crippen molar-refractivity contribution in [1.82, 2.24) is 9.88 Å². The van der Waals surface area contributed by atoms with Crippen molar-refractivity contribution < 1.29 is 4.74 Å². The third-order valence-corrected chi connectivity index (χ3v) is 4.20. The van der Waals surface area contributed by atoms with E-state index in [0.29, 0.717) is 0 Å². The minimum atomic E-state index is 0.255. The van der Waals surface area contributed by atoms with E-state index >= 15 is 0 Å². The molecule has 0 aliphatic heterocycles. The largest absolute Gasteiger partial charge is 0.496 e. The molecule has 0 spiro atoms. The summed E-state index contributed by atoms with van der Waals surface area (Å²) in [6, 6.07) is 10.7. The van der Waals surface area contributed by atoms with E-state index in [0.717, 1.165) is 18.8 Å². The van der Waals surface area contributed by atoms with Gasteiger partial charge in [-0.3, -0.25) is 0 Å². The fourth-order valence-electron chi connectivity index (χ4n) is 2.94. The number of benzene rings is 1. The highest BCUT2D eigenvalue weighted by Crippen LogP contribution is 2.25. The van der Waals surface area contributed by atoms with Crippen LogP contribution in [0.25, 0.3) is 0 Å². The fourth-order valence-corrected chi connectivity index (χ4v) is 2.94. The van der Waals surface area contributed by atoms with Crippen LogP contribution in [0.5, 0.6) is 5.75 Å². The van der Waals surface area contributed by atoms with Crippen molar-refractivity contribution in [2.24, 2.45) is 0 Å². The van der Waals surface area contributed by atoms with Crippen molar-refractivity contribution in [3.8, 4) is 5.75 Å². The molecule has 1 heterocycles. The lowest BCUT2D eigenvalue weighted by molar-refractivity contribution is 0.401. The van der Waals surface area contributed by atoms with Crippen LogP contribution >= 0.6 is 0 Å². The van der Waals surface area contributed by atoms with Crippen molar-refractivity contribution in [3.05, 3.63) is 52.8 Å². The number of para-hydroxylation sites is 1. The number of hydrogen-bond donors (Lipinski definition) is 1. The first-order valence-corrected chi connectivity index (χ1v) is 7.60. The number of aryl methyl sites for hydroxylation is 1. The molecule has 0 bridgehead atoms. The summed E-state index contributed by atoms with van der Waals surface area (Å²) in [5.74, 6) is 0.941. The van der Waals surface area contributed by atoms with Gasteiger partial charge in [-0.2, -0.15) is 0 Å². The highest BCUT2D eigenvalue weighted by molar-refractivity contribution is 5.35. The van der Waals surface area contributed by atoms with Crippen molar-refractivity contribution in [3.63, 3.8) is 0 Å². The van der Waals surface area contributed by atoms with E-state index in [-0.39, 0.29) is 6.04 Å². The average Bonchev–Trinajstić information content (AvgIpc) is 2.78. The topological polar surface area (TPSA) is 26.2 Å². The Kier molecular flexibility index (Phi) is 5.07. The van der Waals surface area contributed by atoms with Gasteiger partial charge in [0.2, 0.25) is 0 Å². The summed E-state index contributed by atoms with van der Waals surface area (Å²) in [5, 5.41) is 3.60. The monoisotopic (exact) mass is 286 g/mol. The molecular formula is C18H26N2O. The minimum absolute atomic E-state index is 0.255. The number of aromatic nitrogens is 1. The molecule has 3 nitrogen and oxygen atoms in total. The van der Waals surface area contributed by atoms with E-state index < -0.39 is 0 Å². The molecular weight excluding hydrogens is 260 g/mol. The van der Waals surface area contributed by atoms with Crippen LogP contribution in [0.2, 0.25) is 0 Å². The molecule has 0 aliphatic carbocycles. The van der Waals surface area contributed by atoms with E-state index in [1.807, 2.05) is 12.1 Å². The van der Waals surface area contributed by atoms with Crippen LogP contribution in [0.3, 0.4) is 0 Å². The summed E-state index contributed by atoms with van der Waals surface area (Å²) >= 11 is 0. The molecule has 1 atom stereocenters. The summed E-state index contributed by atoms with van der Waals surface area (Å²) < 4.78 is 7.79. The Balaban J connectivity index is 2.09. The number of ether oxygens (including phenoxy) is 1. The van der Waals surface area contributed by atoms with Crippen LogP contribution in [0, 0.1) is 13.8 Å². The van der Waals surface area contributed by atoms with Gasteiger partial charge in [0, 0.05) is 36.1 Å². The lowest BCUT2D eigenvalue weighted by Crippen LogP contribution is -2.19. The van der Waals surface area contributed by atoms with Gasteiger partial charge < -0.3 is 14.6 Å². The second kappa shape index (κ2) is 6.81. The van der Waals surface area contributed by atoms with E-state index in [1.165, 1.54) is 22.5 Å². The zero-order valence-corrected chi connectivity index (χ0v) is 13.7. The number of nitrogens with zero attached hydrogens (tertiary/aromatic N) is 1. The van der Waals surface area contributed by atoms with Crippen molar-refractivity contribution in [2.75, 3.05) is 7.11 Å². The molecule has 0 aliphatic rings. The predicted octanol–water partition coefficient (Wildman–Crippen LogP) is 3.98. The second-order valence-electron chi connectivity index (χ2n) is 5.49. The maximum atomic E-state index is 5.44. The van der Waals surface area contributed by atoms with Gasteiger partial charge in [-0.1, -0.05) is 18.2 Å². The van der Waals surface area contributed by atoms with Gasteiger partial charge in [-0.25, -0.2) is 0 Å². The standard InChI is InChI=1S/C18H26N2O/c1-6-20-13(2)11-16(15(20)4)12-19-14(3)17-9-7-8-10-18(17)21-5/h7-11,14,19H,6,12H2,1-5H3. The van der Waals surface area contributed by atoms with Crippen LogP contribution in [-0.2, 0) is 13.1 Å². The summed E-state index contributed by atoms with van der Waals surface area (Å²) in [6.07, 6.45) is 0. The zero-order valence-electron chi connectivity index (χ0n) is 13.7. The van der Waals surface area contributed by atoms with Gasteiger partial charge in [0.1, 0.15) is 5.75 Å². The van der Waals surface area contributed by atoms with Crippen LogP contribution in [-0.4, -0.2) is 11.7 Å². The number of methoxy groups -OCH3 is 1. The average molecular weight is 286 g/mol. The van der Waals surface area contributed by atoms with Gasteiger partial charge in [0.25, 0.3) is 0 Å². The van der Waals surface area contributed by atoms with Crippen LogP contribution in [0.15, 0.2) is 30.3 Å². The number of rotatable bonds is 6. The van der Waals surface area contributed by atoms with Crippen molar-refractivity contribution >= 4 is 0 Å². The molecule has 0 fully saturated rings. The quantitative estimate of drug-likeness (QED) is 0.869. The molecule has 1 N–H and O–H groups in total. The first kappa shape index (κ1) is 15.6. The van der Waals surface area contributed by atoms with E-state index in [9.17, 15) is 0 Å². The first-order chi connectivity index (χ1) is 10.1. The molecule has 2 rings (SSSR count). The molecule has 2 aromatic rings. The molecule has 21 heavy (non-hydrogen) atoms. The minimum Gasteiger partial charge on any atom is -0.496 e. The van der Waals surface area contributed by atoms with E-state index in [1.54, 1.807) is 7.11 Å². The second-order valence-corrected chi connectivity index (χ2v) is 5.49. The van der Waals surface area contributed by atoms with Crippen LogP contribution in [0.1, 0.15) is 42.4 Å². The lowest BCUT2D eigenvalue weighted by atomic mass is 10.1. The first-order valence-electron chi connectivity index (χ1n) is 7.60. The van der Waals surface area contributed by atoms with Crippen LogP contribution in [0.4, 0.5) is 0 Å². The SMILES string of the molecule is CCn1c(C)cc(CNC(C)c2ccccc2OC)c1C. The summed E-state index contributed by atoms with van der Waals surface area (Å²) in [5.41, 5.74) is 5.26. The summed E-state index contributed by atoms with van der Waals surface area (Å²) in [6.45, 7) is 10.6. The number of nitrogens with one attached hydrogen (secondary N) is 1. The van der Waals surface area contributed by atoms with Gasteiger partial charge in [0.05, 0.1) is 7.11 Å². The Morgan fingerprint density at radius 1 is 1.24 bits per heavy atom. The third kappa shape index (κ3) is 3.30. The number of hydrogen-bond acceptors (Lipinski definition) is 2. The Morgan fingerprint density at radius 3 is 2.57 bits per heavy atom. The maximum Gasteiger partial charge on any atom is 0.123 e. The molecule has 0 amide bonds. The van der Waals surface area contributed by atoms with Gasteiger partial charge in [-0.05, 0) is 45.4 Å². The van der Waals surface area contributed by atoms with E-state index in [4.69, 9.17) is 4.74 Å². The molecule has 1 aromatic heterocycles. The van der Waals surface area contributed by atoms with E-state index in [2.05, 4.69) is 55.8 Å². The molecule has 1 unspecified atom stereocenters. The third-order valence-electron chi connectivity index (χ3n) is 4.20. The highest BCUT2D eigenvalue weighted by Gasteiger charge is 2.12. The molecule has 3 heteroatoms. The Morgan fingerprint density at radius 2 is 1.95 bits per heavy atom. The zero-order chi connectivity index (χ0) is 15.4. The Hall–Kier alpha value is -1.74. The van der Waals surface area contributed by atoms with Gasteiger partial charge in [-0.15, -0.1) is 0 Å². The fraction of sp³-hybridized carbons (Fsp3) is 0.444. The van der Waals surface area contributed by atoms with Crippen molar-refractivity contribution in [1.29, 1.82) is 0 Å². The highest BCUT2D eigenvalue weighted by atomic mass is 16.5. The van der Waals surface area contributed by atoms with Gasteiger partial charge >= 0.3 is 0 Å². The van der Waals surface area contributed by atoms with Crippen molar-refractivity contribution in [2.45, 2.75) is 46.8 Å². The molecule has 0 saturated carbocycles.